The summed E-state index contributed by atoms with van der Waals surface area (Å²) in [6.07, 6.45) is 1.52. The average molecular weight is 589 g/mol. The van der Waals surface area contributed by atoms with Crippen molar-refractivity contribution in [2.45, 2.75) is 27.0 Å². The highest BCUT2D eigenvalue weighted by Gasteiger charge is 2.21. The summed E-state index contributed by atoms with van der Waals surface area (Å²) in [5, 5.41) is 2.84. The average Bonchev–Trinajstić information content (AvgIpc) is 2.91. The Morgan fingerprint density at radius 2 is 1.32 bits per heavy atom. The van der Waals surface area contributed by atoms with Crippen LogP contribution in [0.4, 0.5) is 5.69 Å². The lowest BCUT2D eigenvalue weighted by atomic mass is 10.2. The van der Waals surface area contributed by atoms with Crippen LogP contribution in [0.2, 0.25) is 15.1 Å². The smallest absolute Gasteiger partial charge is 0.257 e. The molecule has 0 aromatic heterocycles. The fourth-order valence-electron chi connectivity index (χ4n) is 3.50. The molecule has 4 nitrogen and oxygen atoms in total. The van der Waals surface area contributed by atoms with E-state index in [2.05, 4.69) is 0 Å². The molecule has 38 heavy (non-hydrogen) atoms. The molecule has 0 aliphatic rings. The van der Waals surface area contributed by atoms with Crippen molar-refractivity contribution in [2.24, 2.45) is 0 Å². The van der Waals surface area contributed by atoms with E-state index in [0.717, 1.165) is 11.1 Å². The standard InChI is InChI=1S/C28H22Cl3NO3S.C2H6/c29-24-8-1-5-21(15-24)13-14-36(33,34)32(19-22-6-2-9-25(30)16-22)27-11-4-12-28(18-27)35-20-23-7-3-10-26(31)17-23;1-2/h1-18H,19-20H2;1-2H3/b14-13+;. The number of ether oxygens (including phenoxy) is 1. The van der Waals surface area contributed by atoms with Crippen LogP contribution >= 0.6 is 34.8 Å². The van der Waals surface area contributed by atoms with E-state index in [1.54, 1.807) is 72.8 Å². The summed E-state index contributed by atoms with van der Waals surface area (Å²) in [7, 11) is -3.89. The molecule has 0 bridgehead atoms. The van der Waals surface area contributed by atoms with Crippen LogP contribution < -0.4 is 9.04 Å². The van der Waals surface area contributed by atoms with E-state index < -0.39 is 10.0 Å². The van der Waals surface area contributed by atoms with Crippen molar-refractivity contribution in [1.29, 1.82) is 0 Å². The van der Waals surface area contributed by atoms with Gasteiger partial charge in [0.25, 0.3) is 10.0 Å². The lowest BCUT2D eigenvalue weighted by Crippen LogP contribution is -2.28. The van der Waals surface area contributed by atoms with Gasteiger partial charge >= 0.3 is 0 Å². The van der Waals surface area contributed by atoms with Gasteiger partial charge in [0.2, 0.25) is 0 Å². The molecule has 0 saturated carbocycles. The summed E-state index contributed by atoms with van der Waals surface area (Å²) in [6.45, 7) is 4.38. The van der Waals surface area contributed by atoms with E-state index in [4.69, 9.17) is 39.5 Å². The number of nitrogens with zero attached hydrogens (tertiary/aromatic N) is 1. The first-order valence-electron chi connectivity index (χ1n) is 12.0. The first-order chi connectivity index (χ1) is 18.3. The molecular formula is C30H28Cl3NO3S. The van der Waals surface area contributed by atoms with Gasteiger partial charge in [0, 0.05) is 21.1 Å². The van der Waals surface area contributed by atoms with Gasteiger partial charge in [-0.3, -0.25) is 4.31 Å². The monoisotopic (exact) mass is 587 g/mol. The SMILES string of the molecule is CC.O=S(=O)(/C=C/c1cccc(Cl)c1)N(Cc1cccc(Cl)c1)c1cccc(OCc2cccc(Cl)c2)c1. The van der Waals surface area contributed by atoms with E-state index >= 15 is 0 Å². The second kappa shape index (κ2) is 14.3. The van der Waals surface area contributed by atoms with Gasteiger partial charge in [-0.15, -0.1) is 0 Å². The number of rotatable bonds is 9. The summed E-state index contributed by atoms with van der Waals surface area (Å²) in [5.41, 5.74) is 2.77. The number of hydrogen-bond acceptors (Lipinski definition) is 3. The van der Waals surface area contributed by atoms with E-state index in [1.165, 1.54) is 15.8 Å². The largest absolute Gasteiger partial charge is 0.489 e. The predicted molar refractivity (Wildman–Crippen MR) is 161 cm³/mol. The van der Waals surface area contributed by atoms with Crippen molar-refractivity contribution in [3.05, 3.63) is 134 Å². The molecule has 4 aromatic rings. The molecule has 0 aliphatic heterocycles. The van der Waals surface area contributed by atoms with Gasteiger partial charge < -0.3 is 4.74 Å². The predicted octanol–water partition coefficient (Wildman–Crippen LogP) is 9.26. The first-order valence-corrected chi connectivity index (χ1v) is 14.6. The third-order valence-corrected chi connectivity index (χ3v) is 7.34. The van der Waals surface area contributed by atoms with Crippen molar-refractivity contribution in [1.82, 2.24) is 0 Å². The molecule has 0 spiro atoms. The van der Waals surface area contributed by atoms with E-state index in [1.807, 2.05) is 38.1 Å². The Hall–Kier alpha value is -2.96. The Labute approximate surface area is 240 Å². The van der Waals surface area contributed by atoms with Crippen molar-refractivity contribution in [2.75, 3.05) is 4.31 Å². The molecule has 0 unspecified atom stereocenters. The number of benzene rings is 4. The third-order valence-electron chi connectivity index (χ3n) is 5.20. The van der Waals surface area contributed by atoms with E-state index in [9.17, 15) is 8.42 Å². The van der Waals surface area contributed by atoms with Crippen LogP contribution in [-0.2, 0) is 23.2 Å². The zero-order valence-corrected chi connectivity index (χ0v) is 24.1. The molecule has 0 amide bonds. The molecule has 0 atom stereocenters. The van der Waals surface area contributed by atoms with E-state index in [0.29, 0.717) is 38.7 Å². The zero-order chi connectivity index (χ0) is 27.5. The van der Waals surface area contributed by atoms with Gasteiger partial charge in [-0.2, -0.15) is 0 Å². The summed E-state index contributed by atoms with van der Waals surface area (Å²) in [6, 6.07) is 28.4. The lowest BCUT2D eigenvalue weighted by Gasteiger charge is -2.23. The number of sulfonamides is 1. The van der Waals surface area contributed by atoms with Crippen molar-refractivity contribution >= 4 is 56.6 Å². The zero-order valence-electron chi connectivity index (χ0n) is 21.0. The molecule has 0 fully saturated rings. The fourth-order valence-corrected chi connectivity index (χ4v) is 5.34. The van der Waals surface area contributed by atoms with Gasteiger partial charge in [0.15, 0.2) is 0 Å². The maximum absolute atomic E-state index is 13.5. The van der Waals surface area contributed by atoms with E-state index in [-0.39, 0.29) is 6.54 Å². The van der Waals surface area contributed by atoms with Crippen LogP contribution in [0, 0.1) is 0 Å². The summed E-state index contributed by atoms with van der Waals surface area (Å²) in [4.78, 5) is 0. The summed E-state index contributed by atoms with van der Waals surface area (Å²) >= 11 is 18.3. The number of hydrogen-bond donors (Lipinski definition) is 0. The van der Waals surface area contributed by atoms with Crippen LogP contribution in [0.3, 0.4) is 0 Å². The van der Waals surface area contributed by atoms with Crippen LogP contribution in [0.25, 0.3) is 6.08 Å². The van der Waals surface area contributed by atoms with Crippen LogP contribution in [0.5, 0.6) is 5.75 Å². The lowest BCUT2D eigenvalue weighted by molar-refractivity contribution is 0.306. The Balaban J connectivity index is 0.00000195. The van der Waals surface area contributed by atoms with Crippen molar-refractivity contribution in [3.8, 4) is 5.75 Å². The normalized spacial score (nSPS) is 11.1. The molecule has 198 valence electrons. The number of halogens is 3. The second-order valence-corrected chi connectivity index (χ2v) is 11.0. The minimum Gasteiger partial charge on any atom is -0.489 e. The molecule has 0 saturated heterocycles. The summed E-state index contributed by atoms with van der Waals surface area (Å²) in [5.74, 6) is 0.526. The summed E-state index contributed by atoms with van der Waals surface area (Å²) < 4.78 is 34.3. The van der Waals surface area contributed by atoms with Gasteiger partial charge in [-0.05, 0) is 71.3 Å². The Kier molecular flexibility index (Phi) is 11.1. The minimum atomic E-state index is -3.89. The highest BCUT2D eigenvalue weighted by atomic mass is 35.5. The topological polar surface area (TPSA) is 46.6 Å². The molecule has 8 heteroatoms. The fraction of sp³-hybridized carbons (Fsp3) is 0.133. The Bertz CT molecular complexity index is 1490. The van der Waals surface area contributed by atoms with Crippen molar-refractivity contribution < 1.29 is 13.2 Å². The van der Waals surface area contributed by atoms with Gasteiger partial charge in [0.05, 0.1) is 17.6 Å². The molecule has 0 aliphatic carbocycles. The Morgan fingerprint density at radius 1 is 0.737 bits per heavy atom. The van der Waals surface area contributed by atoms with Gasteiger partial charge in [-0.25, -0.2) is 8.42 Å². The minimum absolute atomic E-state index is 0.0839. The maximum Gasteiger partial charge on any atom is 0.257 e. The third kappa shape index (κ3) is 8.81. The van der Waals surface area contributed by atoms with Crippen molar-refractivity contribution in [3.63, 3.8) is 0 Å². The molecular weight excluding hydrogens is 561 g/mol. The Morgan fingerprint density at radius 3 is 1.97 bits per heavy atom. The molecule has 0 radical (unpaired) electrons. The molecule has 0 heterocycles. The van der Waals surface area contributed by atoms with Gasteiger partial charge in [-0.1, -0.05) is 91.1 Å². The number of anilines is 1. The van der Waals surface area contributed by atoms with Crippen LogP contribution in [0.15, 0.2) is 102 Å². The second-order valence-electron chi connectivity index (χ2n) is 7.96. The molecule has 4 aromatic carbocycles. The highest BCUT2D eigenvalue weighted by molar-refractivity contribution is 7.95. The van der Waals surface area contributed by atoms with Crippen LogP contribution in [-0.4, -0.2) is 8.42 Å². The first kappa shape index (κ1) is 29.6. The maximum atomic E-state index is 13.5. The van der Waals surface area contributed by atoms with Gasteiger partial charge in [0.1, 0.15) is 12.4 Å². The highest BCUT2D eigenvalue weighted by Crippen LogP contribution is 2.28. The molecule has 4 rings (SSSR count). The molecule has 0 N–H and O–H groups in total. The van der Waals surface area contributed by atoms with Crippen LogP contribution in [0.1, 0.15) is 30.5 Å². The quantitative estimate of drug-likeness (QED) is 0.196.